The molecule has 4 N–H and O–H groups in total. The van der Waals surface area contributed by atoms with Gasteiger partial charge in [-0.1, -0.05) is 66.3 Å². The van der Waals surface area contributed by atoms with Gasteiger partial charge in [-0.3, -0.25) is 9.59 Å². The molecular weight excluding hydrogens is 648 g/mol. The van der Waals surface area contributed by atoms with Gasteiger partial charge in [0.1, 0.15) is 0 Å². The van der Waals surface area contributed by atoms with E-state index < -0.39 is 18.5 Å². The Hall–Kier alpha value is -4.19. The Labute approximate surface area is 281 Å². The summed E-state index contributed by atoms with van der Waals surface area (Å²) in [5, 5.41) is 39.8. The van der Waals surface area contributed by atoms with Crippen LogP contribution in [0.25, 0.3) is 50.4 Å². The molecule has 5 heterocycles. The van der Waals surface area contributed by atoms with Crippen molar-refractivity contribution in [2.45, 2.75) is 38.4 Å². The molecule has 0 amide bonds. The van der Waals surface area contributed by atoms with Crippen LogP contribution < -0.4 is 9.97 Å². The van der Waals surface area contributed by atoms with Gasteiger partial charge >= 0.3 is 29.0 Å². The molecule has 0 spiro atoms. The van der Waals surface area contributed by atoms with Crippen molar-refractivity contribution in [1.29, 1.82) is 0 Å². The first kappa shape index (κ1) is 34.7. The molecule has 3 aromatic heterocycles. The van der Waals surface area contributed by atoms with Gasteiger partial charge in [0.15, 0.2) is 0 Å². The number of carbonyl (C=O) groups is 2. The first-order valence-electron chi connectivity index (χ1n) is 14.3. The zero-order chi connectivity index (χ0) is 32.4. The molecule has 5 rings (SSSR count). The number of aliphatic hydroxyl groups excluding tert-OH is 2. The average Bonchev–Trinajstić information content (AvgIpc) is 3.70. The molecule has 46 heavy (non-hydrogen) atoms. The maximum absolute atomic E-state index is 11.6. The van der Waals surface area contributed by atoms with Gasteiger partial charge in [-0.25, -0.2) is 9.97 Å². The maximum atomic E-state index is 11.6. The Morgan fingerprint density at radius 2 is 1.28 bits per heavy atom. The van der Waals surface area contributed by atoms with E-state index in [4.69, 9.17) is 19.9 Å². The summed E-state index contributed by atoms with van der Waals surface area (Å²) in [5.74, 6) is -1.73. The minimum atomic E-state index is -1.000. The standard InChI is InChI=1S/C34H34N4O6S.Fe/c1-4-18-17(3)25-10-27-19(5-2)22(14-39)30(36-27)13-32-24(16-45)21(7-9-34(43)44)29(38-32)12-28-20(6-8-33(41)42)23(15-40)31(37-28)11-26(18)35-25;/h4-5,10-13,39-40H,1-2,6-9,14-16H2,3H3,(H5,35,36,37,38,41,42,43,44,45);/q;+2/p-2. The summed E-state index contributed by atoms with van der Waals surface area (Å²) in [6.45, 7) is 9.12. The van der Waals surface area contributed by atoms with Crippen molar-refractivity contribution in [1.82, 2.24) is 19.9 Å². The third-order valence-corrected chi connectivity index (χ3v) is 8.37. The van der Waals surface area contributed by atoms with Gasteiger partial charge in [0.2, 0.25) is 0 Å². The normalized spacial score (nSPS) is 12.7. The van der Waals surface area contributed by atoms with Crippen LogP contribution in [-0.4, -0.2) is 55.5 Å². The van der Waals surface area contributed by atoms with Crippen molar-refractivity contribution in [3.63, 3.8) is 0 Å². The smallest absolute Gasteiger partial charge is 0.657 e. The molecule has 0 unspecified atom stereocenters. The Bertz CT molecular complexity index is 1990. The molecular formula is C34H32FeN4O6S. The van der Waals surface area contributed by atoms with Crippen molar-refractivity contribution < 1.29 is 47.1 Å². The van der Waals surface area contributed by atoms with Crippen LogP contribution in [0.3, 0.4) is 0 Å². The van der Waals surface area contributed by atoms with Crippen LogP contribution in [0.2, 0.25) is 0 Å². The summed E-state index contributed by atoms with van der Waals surface area (Å²) in [6.07, 6.45) is 3.24. The Morgan fingerprint density at radius 3 is 1.87 bits per heavy atom. The monoisotopic (exact) mass is 680 g/mol. The van der Waals surface area contributed by atoms with Crippen LogP contribution in [0.5, 0.6) is 0 Å². The minimum absolute atomic E-state index is 0. The van der Waals surface area contributed by atoms with Gasteiger partial charge in [-0.15, -0.1) is 22.1 Å². The molecule has 12 heteroatoms. The topological polar surface area (TPSA) is 169 Å². The second-order valence-electron chi connectivity index (χ2n) is 10.6. The van der Waals surface area contributed by atoms with E-state index in [1.807, 2.05) is 13.0 Å². The van der Waals surface area contributed by atoms with E-state index in [0.29, 0.717) is 78.3 Å². The van der Waals surface area contributed by atoms with Crippen molar-refractivity contribution >= 4 is 75.0 Å². The number of carboxylic acids is 2. The fourth-order valence-electron chi connectivity index (χ4n) is 5.80. The molecule has 10 nitrogen and oxygen atoms in total. The van der Waals surface area contributed by atoms with E-state index in [1.165, 1.54) is 0 Å². The molecule has 0 saturated heterocycles. The predicted molar refractivity (Wildman–Crippen MR) is 177 cm³/mol. The first-order chi connectivity index (χ1) is 21.6. The SMILES string of the molecule is C=CC1=C(CO)c2cc3[n-]c(cc4nc(cc5[n-]c(cc1n2)c(C)c5C=C)C(CO)=C4CCC(=O)O)c(CCC(=O)O)c3CS.[Fe+2]. The molecule has 0 aromatic carbocycles. The number of aliphatic hydroxyl groups is 2. The Kier molecular flexibility index (Phi) is 10.9. The number of aromatic nitrogens is 4. The molecule has 2 aliphatic rings. The second-order valence-corrected chi connectivity index (χ2v) is 10.9. The number of nitrogens with zero attached hydrogens (tertiary/aromatic N) is 4. The molecule has 0 atom stereocenters. The first-order valence-corrected chi connectivity index (χ1v) is 14.9. The van der Waals surface area contributed by atoms with Crippen molar-refractivity contribution in [2.75, 3.05) is 13.2 Å². The number of hydrogen-bond acceptors (Lipinski definition) is 7. The average molecular weight is 681 g/mol. The van der Waals surface area contributed by atoms with Gasteiger partial charge in [0, 0.05) is 35.3 Å². The van der Waals surface area contributed by atoms with Crippen molar-refractivity contribution in [3.8, 4) is 0 Å². The van der Waals surface area contributed by atoms with Crippen LogP contribution in [0, 0.1) is 6.92 Å². The Balaban J connectivity index is 0.00000480. The van der Waals surface area contributed by atoms with Crippen molar-refractivity contribution in [3.05, 3.63) is 88.5 Å². The number of aliphatic carboxylic acids is 2. The predicted octanol–water partition coefficient (Wildman–Crippen LogP) is 4.83. The fraction of sp³-hybridized carbons (Fsp3) is 0.235. The van der Waals surface area contributed by atoms with Crippen LogP contribution in [0.1, 0.15) is 64.3 Å². The molecule has 0 fully saturated rings. The van der Waals surface area contributed by atoms with Gasteiger partial charge in [-0.2, -0.15) is 12.6 Å². The molecule has 8 bridgehead atoms. The molecule has 238 valence electrons. The van der Waals surface area contributed by atoms with Crippen LogP contribution >= 0.6 is 12.6 Å². The molecule has 0 radical (unpaired) electrons. The van der Waals surface area contributed by atoms with Crippen LogP contribution in [0.15, 0.2) is 43.5 Å². The number of rotatable bonds is 11. The third kappa shape index (κ3) is 6.53. The van der Waals surface area contributed by atoms with Gasteiger partial charge < -0.3 is 30.4 Å². The zero-order valence-electron chi connectivity index (χ0n) is 25.0. The quantitative estimate of drug-likeness (QED) is 0.140. The van der Waals surface area contributed by atoms with E-state index in [0.717, 1.165) is 11.1 Å². The summed E-state index contributed by atoms with van der Waals surface area (Å²) in [4.78, 5) is 42.5. The molecule has 0 saturated carbocycles. The molecule has 3 aromatic rings. The summed E-state index contributed by atoms with van der Waals surface area (Å²) >= 11 is 4.55. The van der Waals surface area contributed by atoms with Gasteiger partial charge in [0.25, 0.3) is 0 Å². The summed E-state index contributed by atoms with van der Waals surface area (Å²) in [6, 6.07) is 6.98. The van der Waals surface area contributed by atoms with Gasteiger partial charge in [-0.05, 0) is 30.9 Å². The minimum Gasteiger partial charge on any atom is -0.657 e. The van der Waals surface area contributed by atoms with Gasteiger partial charge in [0.05, 0.1) is 36.0 Å². The van der Waals surface area contributed by atoms with E-state index in [9.17, 15) is 30.0 Å². The molecule has 2 aliphatic heterocycles. The number of allylic oxidation sites excluding steroid dienone is 3. The zero-order valence-corrected chi connectivity index (χ0v) is 27.0. The summed E-state index contributed by atoms with van der Waals surface area (Å²) < 4.78 is 0. The van der Waals surface area contributed by atoms with Crippen LogP contribution in [0.4, 0.5) is 0 Å². The van der Waals surface area contributed by atoms with Crippen molar-refractivity contribution in [2.24, 2.45) is 0 Å². The van der Waals surface area contributed by atoms with E-state index in [2.05, 4.69) is 25.8 Å². The molecule has 0 aliphatic carbocycles. The summed E-state index contributed by atoms with van der Waals surface area (Å²) in [7, 11) is 0. The fourth-order valence-corrected chi connectivity index (χ4v) is 6.16. The maximum Gasteiger partial charge on any atom is 2.00 e. The number of thiol groups is 1. The van der Waals surface area contributed by atoms with E-state index in [1.54, 1.807) is 30.4 Å². The van der Waals surface area contributed by atoms with Crippen LogP contribution in [-0.2, 0) is 38.8 Å². The Morgan fingerprint density at radius 1 is 0.761 bits per heavy atom. The summed E-state index contributed by atoms with van der Waals surface area (Å²) in [5.41, 5.74) is 9.17. The number of fused-ring (bicyclic) bond motifs is 8. The van der Waals surface area contributed by atoms with E-state index in [-0.39, 0.29) is 55.1 Å². The number of carboxylic acid groups (broad SMARTS) is 2. The van der Waals surface area contributed by atoms with E-state index >= 15 is 0 Å². The number of hydrogen-bond donors (Lipinski definition) is 5. The third-order valence-electron chi connectivity index (χ3n) is 8.06. The second kappa shape index (κ2) is 14.5. The largest absolute Gasteiger partial charge is 2.00 e. The number of aryl methyl sites for hydroxylation is 2.